The van der Waals surface area contributed by atoms with E-state index in [0.717, 1.165) is 25.0 Å². The van der Waals surface area contributed by atoms with E-state index in [1.807, 2.05) is 6.26 Å². The molecule has 100 valence electrons. The maximum absolute atomic E-state index is 11.3. The fourth-order valence-electron chi connectivity index (χ4n) is 1.31. The second-order valence-electron chi connectivity index (χ2n) is 3.89. The third kappa shape index (κ3) is 10.1. The van der Waals surface area contributed by atoms with Crippen LogP contribution in [0.15, 0.2) is 0 Å². The number of thioether (sulfide) groups is 1. The quantitative estimate of drug-likeness (QED) is 0.507. The molecule has 0 aliphatic heterocycles. The lowest BCUT2D eigenvalue weighted by Crippen LogP contribution is -2.30. The van der Waals surface area contributed by atoms with Crippen LogP contribution in [0.1, 0.15) is 32.1 Å². The molecule has 0 unspecified atom stereocenters. The molecule has 0 radical (unpaired) electrons. The number of carboxylic acid groups (broad SMARTS) is 1. The Kier molecular flexibility index (Phi) is 9.95. The van der Waals surface area contributed by atoms with E-state index in [1.165, 1.54) is 0 Å². The summed E-state index contributed by atoms with van der Waals surface area (Å²) in [4.78, 5) is 21.7. The molecule has 6 heteroatoms. The van der Waals surface area contributed by atoms with Gasteiger partial charge in [-0.05, 0) is 37.7 Å². The number of hydrogen-bond acceptors (Lipinski definition) is 4. The summed E-state index contributed by atoms with van der Waals surface area (Å²) in [6.07, 6.45) is 5.43. The Labute approximate surface area is 107 Å². The topological polar surface area (TPSA) is 92.4 Å². The van der Waals surface area contributed by atoms with Gasteiger partial charge in [0.15, 0.2) is 0 Å². The molecule has 17 heavy (non-hydrogen) atoms. The highest BCUT2D eigenvalue weighted by Gasteiger charge is 2.10. The highest BCUT2D eigenvalue weighted by Crippen LogP contribution is 2.00. The molecule has 0 saturated carbocycles. The van der Waals surface area contributed by atoms with Crippen molar-refractivity contribution in [1.82, 2.24) is 5.32 Å². The summed E-state index contributed by atoms with van der Waals surface area (Å²) in [5.74, 6) is 0.105. The molecular formula is C11H22N2O3S. The zero-order chi connectivity index (χ0) is 13.1. The predicted molar refractivity (Wildman–Crippen MR) is 70.1 cm³/mol. The smallest absolute Gasteiger partial charge is 0.320 e. The number of unbranched alkanes of at least 4 members (excludes halogenated alkanes) is 1. The summed E-state index contributed by atoms with van der Waals surface area (Å²) in [6.45, 7) is 0.602. The molecule has 0 aliphatic rings. The van der Waals surface area contributed by atoms with Crippen molar-refractivity contribution in [2.45, 2.75) is 38.1 Å². The molecule has 5 nitrogen and oxygen atoms in total. The standard InChI is InChI=1S/C11H22N2O3S/c1-17-8-4-6-10(14)13-7-3-2-5-9(12)11(15)16/h9H,2-8,12H2,1H3,(H,13,14)(H,15,16)/t9-/m0/s1. The summed E-state index contributed by atoms with van der Waals surface area (Å²) < 4.78 is 0. The number of rotatable bonds is 10. The fraction of sp³-hybridized carbons (Fsp3) is 0.818. The summed E-state index contributed by atoms with van der Waals surface area (Å²) in [5.41, 5.74) is 5.35. The molecule has 0 rings (SSSR count). The van der Waals surface area contributed by atoms with Crippen LogP contribution in [0.25, 0.3) is 0 Å². The Hall–Kier alpha value is -0.750. The van der Waals surface area contributed by atoms with Gasteiger partial charge < -0.3 is 16.2 Å². The minimum Gasteiger partial charge on any atom is -0.480 e. The van der Waals surface area contributed by atoms with E-state index in [9.17, 15) is 9.59 Å². The monoisotopic (exact) mass is 262 g/mol. The number of nitrogens with two attached hydrogens (primary N) is 1. The average Bonchev–Trinajstić information content (AvgIpc) is 2.28. The van der Waals surface area contributed by atoms with Crippen molar-refractivity contribution < 1.29 is 14.7 Å². The van der Waals surface area contributed by atoms with Gasteiger partial charge in [0.05, 0.1) is 0 Å². The highest BCUT2D eigenvalue weighted by molar-refractivity contribution is 7.98. The Bertz CT molecular complexity index is 237. The molecular weight excluding hydrogens is 240 g/mol. The van der Waals surface area contributed by atoms with Crippen molar-refractivity contribution in [1.29, 1.82) is 0 Å². The van der Waals surface area contributed by atoms with Crippen LogP contribution in [0.2, 0.25) is 0 Å². The normalized spacial score (nSPS) is 12.1. The second-order valence-corrected chi connectivity index (χ2v) is 4.87. The predicted octanol–water partition coefficient (Wildman–Crippen LogP) is 0.828. The van der Waals surface area contributed by atoms with Gasteiger partial charge in [-0.15, -0.1) is 0 Å². The summed E-state index contributed by atoms with van der Waals surface area (Å²) >= 11 is 1.73. The molecule has 4 N–H and O–H groups in total. The van der Waals surface area contributed by atoms with Gasteiger partial charge in [-0.3, -0.25) is 9.59 Å². The van der Waals surface area contributed by atoms with Gasteiger partial charge in [0.25, 0.3) is 0 Å². The number of hydrogen-bond donors (Lipinski definition) is 3. The second kappa shape index (κ2) is 10.4. The summed E-state index contributed by atoms with van der Waals surface area (Å²) in [5, 5.41) is 11.4. The first kappa shape index (κ1) is 16.2. The van der Waals surface area contributed by atoms with Gasteiger partial charge in [0.1, 0.15) is 6.04 Å². The van der Waals surface area contributed by atoms with Gasteiger partial charge in [-0.2, -0.15) is 11.8 Å². The molecule has 0 fully saturated rings. The number of carboxylic acids is 1. The van der Waals surface area contributed by atoms with Crippen molar-refractivity contribution in [3.05, 3.63) is 0 Å². The maximum atomic E-state index is 11.3. The molecule has 0 spiro atoms. The zero-order valence-corrected chi connectivity index (χ0v) is 11.1. The zero-order valence-electron chi connectivity index (χ0n) is 10.3. The molecule has 0 heterocycles. The lowest BCUT2D eigenvalue weighted by molar-refractivity contribution is -0.138. The molecule has 0 aromatic heterocycles. The van der Waals surface area contributed by atoms with Crippen LogP contribution in [-0.4, -0.2) is 41.6 Å². The first-order valence-electron chi connectivity index (χ1n) is 5.82. The van der Waals surface area contributed by atoms with Crippen molar-refractivity contribution in [2.75, 3.05) is 18.6 Å². The van der Waals surface area contributed by atoms with E-state index in [4.69, 9.17) is 10.8 Å². The van der Waals surface area contributed by atoms with E-state index in [2.05, 4.69) is 5.32 Å². The van der Waals surface area contributed by atoms with E-state index in [1.54, 1.807) is 11.8 Å². The van der Waals surface area contributed by atoms with Gasteiger partial charge in [-0.25, -0.2) is 0 Å². The van der Waals surface area contributed by atoms with Crippen LogP contribution in [0.3, 0.4) is 0 Å². The van der Waals surface area contributed by atoms with Crippen LogP contribution >= 0.6 is 11.8 Å². The third-order valence-electron chi connectivity index (χ3n) is 2.33. The van der Waals surface area contributed by atoms with Crippen molar-refractivity contribution in [3.8, 4) is 0 Å². The van der Waals surface area contributed by atoms with Crippen LogP contribution in [0, 0.1) is 0 Å². The summed E-state index contributed by atoms with van der Waals surface area (Å²) in [7, 11) is 0. The lowest BCUT2D eigenvalue weighted by Gasteiger charge is -2.07. The van der Waals surface area contributed by atoms with Crippen LogP contribution in [0.5, 0.6) is 0 Å². The number of nitrogens with one attached hydrogen (secondary N) is 1. The van der Waals surface area contributed by atoms with Crippen molar-refractivity contribution >= 4 is 23.6 Å². The van der Waals surface area contributed by atoms with Gasteiger partial charge >= 0.3 is 5.97 Å². The molecule has 1 amide bonds. The molecule has 0 saturated heterocycles. The van der Waals surface area contributed by atoms with Gasteiger partial charge in [-0.1, -0.05) is 0 Å². The Morgan fingerprint density at radius 3 is 2.65 bits per heavy atom. The van der Waals surface area contributed by atoms with E-state index in [0.29, 0.717) is 19.4 Å². The van der Waals surface area contributed by atoms with Crippen molar-refractivity contribution in [2.24, 2.45) is 5.73 Å². The SMILES string of the molecule is CSCCCC(=O)NCCCC[C@H](N)C(=O)O. The summed E-state index contributed by atoms with van der Waals surface area (Å²) in [6, 6.07) is -0.785. The molecule has 0 aliphatic carbocycles. The molecule has 0 aromatic carbocycles. The third-order valence-corrected chi connectivity index (χ3v) is 3.03. The average molecular weight is 262 g/mol. The van der Waals surface area contributed by atoms with E-state index >= 15 is 0 Å². The maximum Gasteiger partial charge on any atom is 0.320 e. The first-order chi connectivity index (χ1) is 8.07. The number of aliphatic carboxylic acids is 1. The minimum atomic E-state index is -0.967. The minimum absolute atomic E-state index is 0.0709. The first-order valence-corrected chi connectivity index (χ1v) is 7.21. The molecule has 0 bridgehead atoms. The fourth-order valence-corrected chi connectivity index (χ4v) is 1.74. The van der Waals surface area contributed by atoms with Gasteiger partial charge in [0, 0.05) is 13.0 Å². The number of carbonyl (C=O) groups excluding carboxylic acids is 1. The van der Waals surface area contributed by atoms with E-state index < -0.39 is 12.0 Å². The number of carbonyl (C=O) groups is 2. The van der Waals surface area contributed by atoms with E-state index in [-0.39, 0.29) is 5.91 Å². The van der Waals surface area contributed by atoms with Gasteiger partial charge in [0.2, 0.25) is 5.91 Å². The molecule has 0 aromatic rings. The Balaban J connectivity index is 3.33. The molecule has 1 atom stereocenters. The van der Waals surface area contributed by atoms with Crippen LogP contribution < -0.4 is 11.1 Å². The van der Waals surface area contributed by atoms with Crippen molar-refractivity contribution in [3.63, 3.8) is 0 Å². The van der Waals surface area contributed by atoms with Crippen LogP contribution in [-0.2, 0) is 9.59 Å². The highest BCUT2D eigenvalue weighted by atomic mass is 32.2. The lowest BCUT2D eigenvalue weighted by atomic mass is 10.1. The Morgan fingerprint density at radius 1 is 1.35 bits per heavy atom. The number of amides is 1. The largest absolute Gasteiger partial charge is 0.480 e. The van der Waals surface area contributed by atoms with Crippen LogP contribution in [0.4, 0.5) is 0 Å². The Morgan fingerprint density at radius 2 is 2.06 bits per heavy atom.